The van der Waals surface area contributed by atoms with Gasteiger partial charge in [-0.15, -0.1) is 0 Å². The maximum absolute atomic E-state index is 12.1. The molecule has 0 aromatic heterocycles. The molecule has 7 heteroatoms. The summed E-state index contributed by atoms with van der Waals surface area (Å²) in [5.41, 5.74) is 0.750. The summed E-state index contributed by atoms with van der Waals surface area (Å²) >= 11 is 0. The van der Waals surface area contributed by atoms with E-state index in [0.29, 0.717) is 22.7 Å². The molecule has 7 nitrogen and oxygen atoms in total. The number of esters is 1. The summed E-state index contributed by atoms with van der Waals surface area (Å²) in [6, 6.07) is 13.6. The predicted molar refractivity (Wildman–Crippen MR) is 92.4 cm³/mol. The number of carbonyl (C=O) groups is 3. The lowest BCUT2D eigenvalue weighted by Crippen LogP contribution is -2.39. The van der Waals surface area contributed by atoms with Crippen LogP contribution in [0.4, 0.5) is 5.69 Å². The molecule has 0 fully saturated rings. The normalized spacial score (nSPS) is 15.0. The van der Waals surface area contributed by atoms with Gasteiger partial charge in [-0.05, 0) is 31.2 Å². The van der Waals surface area contributed by atoms with Crippen LogP contribution in [0.1, 0.15) is 17.3 Å². The molecule has 26 heavy (non-hydrogen) atoms. The van der Waals surface area contributed by atoms with Gasteiger partial charge in [0, 0.05) is 5.56 Å². The minimum atomic E-state index is -0.942. The summed E-state index contributed by atoms with van der Waals surface area (Å²) in [5.74, 6) is -0.432. The number of nitrogens with one attached hydrogen (secondary N) is 1. The maximum Gasteiger partial charge on any atom is 0.351 e. The fourth-order valence-electron chi connectivity index (χ4n) is 2.45. The second-order valence-corrected chi connectivity index (χ2v) is 5.62. The van der Waals surface area contributed by atoms with Crippen molar-refractivity contribution in [3.63, 3.8) is 0 Å². The molecule has 1 atom stereocenters. The molecule has 0 bridgehead atoms. The zero-order valence-corrected chi connectivity index (χ0v) is 14.1. The van der Waals surface area contributed by atoms with Crippen molar-refractivity contribution < 1.29 is 28.6 Å². The van der Waals surface area contributed by atoms with E-state index in [-0.39, 0.29) is 12.4 Å². The van der Waals surface area contributed by atoms with Crippen LogP contribution in [0.3, 0.4) is 0 Å². The van der Waals surface area contributed by atoms with Crippen molar-refractivity contribution in [3.8, 4) is 11.5 Å². The van der Waals surface area contributed by atoms with E-state index in [2.05, 4.69) is 5.32 Å². The number of ketones is 1. The van der Waals surface area contributed by atoms with Gasteiger partial charge >= 0.3 is 5.97 Å². The van der Waals surface area contributed by atoms with E-state index in [1.165, 1.54) is 6.92 Å². The molecule has 1 aliphatic heterocycles. The largest absolute Gasteiger partial charge is 0.485 e. The first-order chi connectivity index (χ1) is 12.5. The molecule has 2 aromatic carbocycles. The predicted octanol–water partition coefficient (Wildman–Crippen LogP) is 2.21. The lowest BCUT2D eigenvalue weighted by Gasteiger charge is -2.24. The summed E-state index contributed by atoms with van der Waals surface area (Å²) in [4.78, 5) is 35.6. The third-order valence-corrected chi connectivity index (χ3v) is 3.70. The molecule has 1 heterocycles. The standard InChI is InChI=1S/C19H17NO6/c1-12(21)13-6-2-3-7-14(13)20-18(22)11-25-19(23)17-10-24-15-8-4-5-9-16(15)26-17/h2-9,17H,10-11H2,1H3,(H,20,22)/t17-/m1/s1. The van der Waals surface area contributed by atoms with Crippen LogP contribution in [-0.4, -0.2) is 37.0 Å². The highest BCUT2D eigenvalue weighted by molar-refractivity contribution is 6.04. The molecule has 3 rings (SSSR count). The van der Waals surface area contributed by atoms with E-state index < -0.39 is 24.6 Å². The van der Waals surface area contributed by atoms with E-state index in [9.17, 15) is 14.4 Å². The van der Waals surface area contributed by atoms with Gasteiger partial charge in [0.1, 0.15) is 6.61 Å². The third kappa shape index (κ3) is 4.00. The summed E-state index contributed by atoms with van der Waals surface area (Å²) in [6.07, 6.45) is -0.942. The summed E-state index contributed by atoms with van der Waals surface area (Å²) in [7, 11) is 0. The Morgan fingerprint density at radius 2 is 1.77 bits per heavy atom. The maximum atomic E-state index is 12.1. The van der Waals surface area contributed by atoms with Gasteiger partial charge in [-0.3, -0.25) is 9.59 Å². The molecule has 2 aromatic rings. The zero-order chi connectivity index (χ0) is 18.5. The Balaban J connectivity index is 1.54. The van der Waals surface area contributed by atoms with Gasteiger partial charge in [0.15, 0.2) is 23.9 Å². The Morgan fingerprint density at radius 3 is 2.54 bits per heavy atom. The van der Waals surface area contributed by atoms with E-state index in [4.69, 9.17) is 14.2 Å². The summed E-state index contributed by atoms with van der Waals surface area (Å²) in [5, 5.41) is 2.56. The van der Waals surface area contributed by atoms with Crippen molar-refractivity contribution >= 4 is 23.3 Å². The Labute approximate surface area is 149 Å². The first-order valence-corrected chi connectivity index (χ1v) is 7.99. The number of rotatable bonds is 5. The number of amides is 1. The molecule has 0 unspecified atom stereocenters. The fourth-order valence-corrected chi connectivity index (χ4v) is 2.45. The number of fused-ring (bicyclic) bond motifs is 1. The minimum Gasteiger partial charge on any atom is -0.485 e. The highest BCUT2D eigenvalue weighted by Crippen LogP contribution is 2.31. The lowest BCUT2D eigenvalue weighted by molar-refractivity contribution is -0.156. The van der Waals surface area contributed by atoms with E-state index >= 15 is 0 Å². The Hall–Kier alpha value is -3.35. The van der Waals surface area contributed by atoms with Crippen LogP contribution in [0.15, 0.2) is 48.5 Å². The van der Waals surface area contributed by atoms with Gasteiger partial charge in [0.2, 0.25) is 6.10 Å². The van der Waals surface area contributed by atoms with Crippen molar-refractivity contribution in [3.05, 3.63) is 54.1 Å². The SMILES string of the molecule is CC(=O)c1ccccc1NC(=O)COC(=O)[C@H]1COc2ccccc2O1. The van der Waals surface area contributed by atoms with Crippen LogP contribution in [0, 0.1) is 0 Å². The van der Waals surface area contributed by atoms with E-state index in [1.54, 1.807) is 48.5 Å². The molecule has 0 saturated heterocycles. The highest BCUT2D eigenvalue weighted by Gasteiger charge is 2.29. The van der Waals surface area contributed by atoms with Crippen molar-refractivity contribution in [1.82, 2.24) is 0 Å². The molecule has 1 amide bonds. The van der Waals surface area contributed by atoms with Crippen LogP contribution >= 0.6 is 0 Å². The fraction of sp³-hybridized carbons (Fsp3) is 0.211. The number of carbonyl (C=O) groups excluding carboxylic acids is 3. The highest BCUT2D eigenvalue weighted by atomic mass is 16.6. The van der Waals surface area contributed by atoms with Crippen LogP contribution in [0.25, 0.3) is 0 Å². The smallest absolute Gasteiger partial charge is 0.351 e. The topological polar surface area (TPSA) is 90.9 Å². The quantitative estimate of drug-likeness (QED) is 0.653. The molecule has 134 valence electrons. The van der Waals surface area contributed by atoms with Crippen molar-refractivity contribution in [1.29, 1.82) is 0 Å². The third-order valence-electron chi connectivity index (χ3n) is 3.70. The molecule has 0 spiro atoms. The molecule has 0 radical (unpaired) electrons. The molecule has 0 saturated carbocycles. The summed E-state index contributed by atoms with van der Waals surface area (Å²) < 4.78 is 15.9. The van der Waals surface area contributed by atoms with Crippen molar-refractivity contribution in [2.24, 2.45) is 0 Å². The van der Waals surface area contributed by atoms with Crippen molar-refractivity contribution in [2.45, 2.75) is 13.0 Å². The van der Waals surface area contributed by atoms with E-state index in [0.717, 1.165) is 0 Å². The van der Waals surface area contributed by atoms with Gasteiger partial charge in [-0.1, -0.05) is 24.3 Å². The number of ether oxygens (including phenoxy) is 3. The molecular formula is C19H17NO6. The first-order valence-electron chi connectivity index (χ1n) is 7.99. The van der Waals surface area contributed by atoms with Crippen molar-refractivity contribution in [2.75, 3.05) is 18.5 Å². The van der Waals surface area contributed by atoms with Crippen LogP contribution in [-0.2, 0) is 14.3 Å². The molecule has 1 N–H and O–H groups in total. The van der Waals surface area contributed by atoms with E-state index in [1.807, 2.05) is 0 Å². The molecular weight excluding hydrogens is 338 g/mol. The number of para-hydroxylation sites is 3. The van der Waals surface area contributed by atoms with Gasteiger partial charge in [0.25, 0.3) is 5.91 Å². The number of hydrogen-bond donors (Lipinski definition) is 1. The second kappa shape index (κ2) is 7.69. The summed E-state index contributed by atoms with van der Waals surface area (Å²) in [6.45, 7) is 0.917. The lowest BCUT2D eigenvalue weighted by atomic mass is 10.1. The second-order valence-electron chi connectivity index (χ2n) is 5.62. The Bertz CT molecular complexity index is 847. The number of Topliss-reactive ketones (excluding diaryl/α,β-unsaturated/α-hetero) is 1. The van der Waals surface area contributed by atoms with Crippen LogP contribution in [0.2, 0.25) is 0 Å². The number of hydrogen-bond acceptors (Lipinski definition) is 6. The Kier molecular flexibility index (Phi) is 5.17. The number of anilines is 1. The van der Waals surface area contributed by atoms with Gasteiger partial charge in [-0.25, -0.2) is 4.79 Å². The first kappa shape index (κ1) is 17.5. The van der Waals surface area contributed by atoms with Crippen LogP contribution < -0.4 is 14.8 Å². The average Bonchev–Trinajstić information content (AvgIpc) is 2.66. The van der Waals surface area contributed by atoms with Gasteiger partial charge in [-0.2, -0.15) is 0 Å². The zero-order valence-electron chi connectivity index (χ0n) is 14.1. The Morgan fingerprint density at radius 1 is 1.08 bits per heavy atom. The van der Waals surface area contributed by atoms with Gasteiger partial charge in [0.05, 0.1) is 5.69 Å². The molecule has 1 aliphatic rings. The molecule has 0 aliphatic carbocycles. The van der Waals surface area contributed by atoms with Gasteiger partial charge < -0.3 is 19.5 Å². The number of benzene rings is 2. The van der Waals surface area contributed by atoms with Crippen LogP contribution in [0.5, 0.6) is 11.5 Å². The minimum absolute atomic E-state index is 0.00460. The monoisotopic (exact) mass is 355 g/mol. The average molecular weight is 355 g/mol.